The van der Waals surface area contributed by atoms with E-state index in [0.29, 0.717) is 11.7 Å². The Hall–Kier alpha value is -1.36. The zero-order chi connectivity index (χ0) is 11.3. The summed E-state index contributed by atoms with van der Waals surface area (Å²) in [4.78, 5) is 7.96. The van der Waals surface area contributed by atoms with Gasteiger partial charge in [0.15, 0.2) is 0 Å². The van der Waals surface area contributed by atoms with Gasteiger partial charge in [-0.2, -0.15) is 0 Å². The predicted molar refractivity (Wildman–Crippen MR) is 58.0 cm³/mol. The molecule has 1 atom stereocenters. The second kappa shape index (κ2) is 4.93. The quantitative estimate of drug-likeness (QED) is 0.762. The molecule has 0 saturated heterocycles. The Balaban J connectivity index is 2.79. The maximum atomic E-state index is 9.24. The van der Waals surface area contributed by atoms with E-state index >= 15 is 0 Å². The number of hydrogen-bond acceptors (Lipinski definition) is 5. The average Bonchev–Trinajstić information content (AvgIpc) is 2.29. The van der Waals surface area contributed by atoms with E-state index in [2.05, 4.69) is 15.3 Å². The Morgan fingerprint density at radius 3 is 2.80 bits per heavy atom. The molecule has 1 rings (SSSR count). The van der Waals surface area contributed by atoms with Gasteiger partial charge in [-0.3, -0.25) is 0 Å². The summed E-state index contributed by atoms with van der Waals surface area (Å²) in [5.74, 6) is 1.16. The third-order valence-corrected chi connectivity index (χ3v) is 2.41. The zero-order valence-electron chi connectivity index (χ0n) is 9.32. The summed E-state index contributed by atoms with van der Waals surface area (Å²) in [6.45, 7) is 3.99. The number of nitrogens with one attached hydrogen (secondary N) is 1. The van der Waals surface area contributed by atoms with Gasteiger partial charge in [0.25, 0.3) is 0 Å². The fraction of sp³-hybridized carbons (Fsp3) is 0.600. The number of aliphatic hydroxyl groups is 1. The molecule has 84 valence electrons. The Bertz CT molecular complexity index is 313. The van der Waals surface area contributed by atoms with Gasteiger partial charge in [0.2, 0.25) is 5.88 Å². The van der Waals surface area contributed by atoms with Crippen molar-refractivity contribution in [1.82, 2.24) is 9.97 Å². The van der Waals surface area contributed by atoms with E-state index in [1.54, 1.807) is 13.2 Å². The van der Waals surface area contributed by atoms with Crippen molar-refractivity contribution in [2.24, 2.45) is 0 Å². The summed E-state index contributed by atoms with van der Waals surface area (Å²) in [7, 11) is 1.55. The highest BCUT2D eigenvalue weighted by molar-refractivity contribution is 5.39. The predicted octanol–water partition coefficient (Wildman–Crippen LogP) is 1.06. The number of nitrogens with zero attached hydrogens (tertiary/aromatic N) is 2. The van der Waals surface area contributed by atoms with Gasteiger partial charge in [-0.25, -0.2) is 9.97 Å². The number of hydrogen-bond donors (Lipinski definition) is 2. The molecule has 0 spiro atoms. The summed E-state index contributed by atoms with van der Waals surface area (Å²) in [5, 5.41) is 12.4. The molecule has 0 bridgehead atoms. The maximum absolute atomic E-state index is 9.24. The van der Waals surface area contributed by atoms with Crippen LogP contribution in [0.15, 0.2) is 12.4 Å². The molecule has 0 aromatic carbocycles. The third-order valence-electron chi connectivity index (χ3n) is 2.41. The minimum Gasteiger partial charge on any atom is -0.481 e. The van der Waals surface area contributed by atoms with E-state index < -0.39 is 0 Å². The Morgan fingerprint density at radius 1 is 1.53 bits per heavy atom. The molecule has 15 heavy (non-hydrogen) atoms. The molecule has 0 fully saturated rings. The summed E-state index contributed by atoms with van der Waals surface area (Å²) < 4.78 is 4.98. The van der Waals surface area contributed by atoms with Crippen LogP contribution >= 0.6 is 0 Å². The average molecular weight is 211 g/mol. The lowest BCUT2D eigenvalue weighted by molar-refractivity contribution is 0.218. The van der Waals surface area contributed by atoms with Crippen LogP contribution in [0.3, 0.4) is 0 Å². The van der Waals surface area contributed by atoms with Gasteiger partial charge in [0.1, 0.15) is 12.1 Å². The molecule has 2 N–H and O–H groups in total. The number of aromatic nitrogens is 2. The molecular weight excluding hydrogens is 194 g/mol. The molecule has 5 heteroatoms. The van der Waals surface area contributed by atoms with Crippen molar-refractivity contribution in [3.8, 4) is 5.88 Å². The monoisotopic (exact) mass is 211 g/mol. The van der Waals surface area contributed by atoms with Crippen LogP contribution < -0.4 is 10.1 Å². The minimum atomic E-state index is -0.362. The molecule has 1 aromatic heterocycles. The van der Waals surface area contributed by atoms with Crippen LogP contribution in [0, 0.1) is 0 Å². The van der Waals surface area contributed by atoms with Crippen LogP contribution in [0.5, 0.6) is 5.88 Å². The summed E-state index contributed by atoms with van der Waals surface area (Å²) in [6.07, 6.45) is 2.23. The molecule has 1 unspecified atom stereocenters. The SMILES string of the molecule is CCC(C)(CO)Nc1cc(OC)ncn1. The molecular formula is C10H17N3O2. The molecule has 0 saturated carbocycles. The lowest BCUT2D eigenvalue weighted by atomic mass is 10.0. The lowest BCUT2D eigenvalue weighted by Gasteiger charge is -2.27. The zero-order valence-corrected chi connectivity index (χ0v) is 9.32. The van der Waals surface area contributed by atoms with Crippen molar-refractivity contribution in [2.45, 2.75) is 25.8 Å². The van der Waals surface area contributed by atoms with E-state index in [1.165, 1.54) is 6.33 Å². The third kappa shape index (κ3) is 3.06. The summed E-state index contributed by atoms with van der Waals surface area (Å²) >= 11 is 0. The summed E-state index contributed by atoms with van der Waals surface area (Å²) in [6, 6.07) is 1.70. The summed E-state index contributed by atoms with van der Waals surface area (Å²) in [5.41, 5.74) is -0.362. The highest BCUT2D eigenvalue weighted by atomic mass is 16.5. The van der Waals surface area contributed by atoms with Gasteiger partial charge >= 0.3 is 0 Å². The first-order valence-electron chi connectivity index (χ1n) is 4.88. The standard InChI is InChI=1S/C10H17N3O2/c1-4-10(2,6-14)13-8-5-9(15-3)12-7-11-8/h5,7,14H,4,6H2,1-3H3,(H,11,12,13). The fourth-order valence-corrected chi connectivity index (χ4v) is 1.07. The highest BCUT2D eigenvalue weighted by Gasteiger charge is 2.20. The first-order valence-corrected chi connectivity index (χ1v) is 4.88. The molecule has 0 amide bonds. The number of rotatable bonds is 5. The van der Waals surface area contributed by atoms with Gasteiger partial charge in [0, 0.05) is 6.07 Å². The van der Waals surface area contributed by atoms with Crippen molar-refractivity contribution in [3.63, 3.8) is 0 Å². The lowest BCUT2D eigenvalue weighted by Crippen LogP contribution is -2.38. The van der Waals surface area contributed by atoms with E-state index in [4.69, 9.17) is 4.74 Å². The van der Waals surface area contributed by atoms with E-state index in [9.17, 15) is 5.11 Å². The van der Waals surface area contributed by atoms with Crippen LogP contribution in [-0.2, 0) is 0 Å². The van der Waals surface area contributed by atoms with Crippen molar-refractivity contribution in [1.29, 1.82) is 0 Å². The first kappa shape index (κ1) is 11.7. The molecule has 0 aliphatic carbocycles. The molecule has 1 heterocycles. The first-order chi connectivity index (χ1) is 7.13. The second-order valence-corrected chi connectivity index (χ2v) is 3.64. The molecule has 0 aliphatic rings. The van der Waals surface area contributed by atoms with Crippen molar-refractivity contribution < 1.29 is 9.84 Å². The number of aliphatic hydroxyl groups excluding tert-OH is 1. The number of methoxy groups -OCH3 is 1. The highest BCUT2D eigenvalue weighted by Crippen LogP contribution is 2.18. The Labute approximate surface area is 89.5 Å². The van der Waals surface area contributed by atoms with E-state index in [0.717, 1.165) is 6.42 Å². The molecule has 0 aliphatic heterocycles. The van der Waals surface area contributed by atoms with Gasteiger partial charge in [-0.15, -0.1) is 0 Å². The van der Waals surface area contributed by atoms with Crippen molar-refractivity contribution >= 4 is 5.82 Å². The number of anilines is 1. The normalized spacial score (nSPS) is 14.4. The van der Waals surface area contributed by atoms with E-state index in [-0.39, 0.29) is 12.1 Å². The molecule has 5 nitrogen and oxygen atoms in total. The van der Waals surface area contributed by atoms with Gasteiger partial charge in [-0.05, 0) is 13.3 Å². The van der Waals surface area contributed by atoms with Gasteiger partial charge in [0.05, 0.1) is 19.3 Å². The molecule has 0 radical (unpaired) electrons. The topological polar surface area (TPSA) is 67.3 Å². The van der Waals surface area contributed by atoms with Crippen LogP contribution in [0.2, 0.25) is 0 Å². The number of ether oxygens (including phenoxy) is 1. The smallest absolute Gasteiger partial charge is 0.218 e. The minimum absolute atomic E-state index is 0.0514. The van der Waals surface area contributed by atoms with E-state index in [1.807, 2.05) is 13.8 Å². The van der Waals surface area contributed by atoms with Crippen molar-refractivity contribution in [2.75, 3.05) is 19.0 Å². The maximum Gasteiger partial charge on any atom is 0.218 e. The Kier molecular flexibility index (Phi) is 3.85. The fourth-order valence-electron chi connectivity index (χ4n) is 1.07. The van der Waals surface area contributed by atoms with Gasteiger partial charge in [-0.1, -0.05) is 6.92 Å². The van der Waals surface area contributed by atoms with Crippen LogP contribution in [0.25, 0.3) is 0 Å². The van der Waals surface area contributed by atoms with Crippen LogP contribution in [0.4, 0.5) is 5.82 Å². The van der Waals surface area contributed by atoms with Crippen molar-refractivity contribution in [3.05, 3.63) is 12.4 Å². The largest absolute Gasteiger partial charge is 0.481 e. The Morgan fingerprint density at radius 2 is 2.27 bits per heavy atom. The van der Waals surface area contributed by atoms with Crippen LogP contribution in [-0.4, -0.2) is 34.3 Å². The molecule has 1 aromatic rings. The van der Waals surface area contributed by atoms with Gasteiger partial charge < -0.3 is 15.2 Å². The second-order valence-electron chi connectivity index (χ2n) is 3.64. The van der Waals surface area contributed by atoms with Crippen LogP contribution in [0.1, 0.15) is 20.3 Å².